The zero-order chi connectivity index (χ0) is 13.7. The van der Waals surface area contributed by atoms with Crippen LogP contribution >= 0.6 is 11.8 Å². The third kappa shape index (κ3) is 4.01. The average molecular weight is 287 g/mol. The highest BCUT2D eigenvalue weighted by Crippen LogP contribution is 2.16. The fourth-order valence-electron chi connectivity index (χ4n) is 2.36. The molecule has 2 aliphatic heterocycles. The highest BCUT2D eigenvalue weighted by molar-refractivity contribution is 7.99. The van der Waals surface area contributed by atoms with Gasteiger partial charge in [0.1, 0.15) is 0 Å². The number of piperidine rings is 1. The van der Waals surface area contributed by atoms with Crippen LogP contribution in [0.25, 0.3) is 0 Å². The summed E-state index contributed by atoms with van der Waals surface area (Å²) < 4.78 is 4.86. The number of amides is 2. The summed E-state index contributed by atoms with van der Waals surface area (Å²) in [7, 11) is 0. The van der Waals surface area contributed by atoms with E-state index in [0.717, 1.165) is 24.5 Å². The lowest BCUT2D eigenvalue weighted by Crippen LogP contribution is -2.51. The van der Waals surface area contributed by atoms with Gasteiger partial charge in [-0.1, -0.05) is 0 Å². The molecule has 2 aliphatic rings. The highest BCUT2D eigenvalue weighted by atomic mass is 32.2. The minimum absolute atomic E-state index is 0.0282. The van der Waals surface area contributed by atoms with E-state index in [2.05, 4.69) is 10.6 Å². The predicted molar refractivity (Wildman–Crippen MR) is 74.0 cm³/mol. The second-order valence-electron chi connectivity index (χ2n) is 4.74. The number of hydrogen-bond acceptors (Lipinski definition) is 5. The minimum Gasteiger partial charge on any atom is -0.450 e. The monoisotopic (exact) mass is 287 g/mol. The van der Waals surface area contributed by atoms with Gasteiger partial charge in [-0.25, -0.2) is 4.79 Å². The van der Waals surface area contributed by atoms with Crippen molar-refractivity contribution in [3.8, 4) is 0 Å². The van der Waals surface area contributed by atoms with Gasteiger partial charge in [-0.2, -0.15) is 0 Å². The number of rotatable bonds is 3. The second-order valence-corrected chi connectivity index (χ2v) is 5.77. The number of nitrogens with zero attached hydrogens (tertiary/aromatic N) is 1. The molecule has 2 amide bonds. The van der Waals surface area contributed by atoms with E-state index in [1.807, 2.05) is 4.90 Å². The van der Waals surface area contributed by atoms with Crippen molar-refractivity contribution >= 4 is 23.8 Å². The van der Waals surface area contributed by atoms with Gasteiger partial charge in [0.2, 0.25) is 5.91 Å². The Morgan fingerprint density at radius 2 is 2.16 bits per heavy atom. The molecule has 0 aliphatic carbocycles. The first-order valence-electron chi connectivity index (χ1n) is 6.74. The first kappa shape index (κ1) is 14.5. The summed E-state index contributed by atoms with van der Waals surface area (Å²) in [6.45, 7) is 3.58. The molecule has 108 valence electrons. The molecule has 6 nitrogen and oxygen atoms in total. The van der Waals surface area contributed by atoms with Gasteiger partial charge >= 0.3 is 6.09 Å². The molecule has 0 saturated carbocycles. The molecule has 0 spiro atoms. The molecule has 2 heterocycles. The molecule has 2 saturated heterocycles. The van der Waals surface area contributed by atoms with Crippen LogP contribution in [0.5, 0.6) is 0 Å². The van der Waals surface area contributed by atoms with Gasteiger partial charge in [-0.05, 0) is 19.8 Å². The topological polar surface area (TPSA) is 70.7 Å². The van der Waals surface area contributed by atoms with E-state index in [1.165, 1.54) is 0 Å². The van der Waals surface area contributed by atoms with E-state index in [4.69, 9.17) is 4.74 Å². The number of carbonyl (C=O) groups excluding carboxylic acids is 2. The van der Waals surface area contributed by atoms with Crippen molar-refractivity contribution in [2.24, 2.45) is 0 Å². The largest absolute Gasteiger partial charge is 0.450 e. The van der Waals surface area contributed by atoms with Gasteiger partial charge in [0.25, 0.3) is 0 Å². The van der Waals surface area contributed by atoms with Gasteiger partial charge < -0.3 is 15.0 Å². The van der Waals surface area contributed by atoms with Gasteiger partial charge in [-0.3, -0.25) is 10.1 Å². The van der Waals surface area contributed by atoms with Gasteiger partial charge in [0, 0.05) is 30.8 Å². The van der Waals surface area contributed by atoms with Crippen LogP contribution in [0, 0.1) is 0 Å². The van der Waals surface area contributed by atoms with E-state index in [-0.39, 0.29) is 24.1 Å². The third-order valence-electron chi connectivity index (χ3n) is 3.42. The van der Waals surface area contributed by atoms with E-state index < -0.39 is 0 Å². The van der Waals surface area contributed by atoms with E-state index >= 15 is 0 Å². The summed E-state index contributed by atoms with van der Waals surface area (Å²) in [5, 5.41) is 6.03. The number of carbonyl (C=O) groups is 2. The van der Waals surface area contributed by atoms with E-state index in [0.29, 0.717) is 19.7 Å². The lowest BCUT2D eigenvalue weighted by molar-refractivity contribution is -0.133. The molecule has 2 fully saturated rings. The lowest BCUT2D eigenvalue weighted by atomic mass is 10.0. The van der Waals surface area contributed by atoms with Crippen LogP contribution in [-0.4, -0.2) is 60.3 Å². The van der Waals surface area contributed by atoms with Crippen molar-refractivity contribution in [3.05, 3.63) is 0 Å². The van der Waals surface area contributed by atoms with Gasteiger partial charge in [-0.15, -0.1) is 11.8 Å². The fraction of sp³-hybridized carbons (Fsp3) is 0.833. The highest BCUT2D eigenvalue weighted by Gasteiger charge is 2.30. The number of alkyl carbamates (subject to hydrolysis) is 1. The molecular formula is C12H21N3O3S. The summed E-state index contributed by atoms with van der Waals surface area (Å²) in [5.74, 6) is 1.91. The Morgan fingerprint density at radius 3 is 2.74 bits per heavy atom. The smallest absolute Gasteiger partial charge is 0.407 e. The molecule has 0 aromatic heterocycles. The van der Waals surface area contributed by atoms with Gasteiger partial charge in [0.05, 0.1) is 12.6 Å². The molecule has 7 heteroatoms. The fourth-order valence-corrected chi connectivity index (χ4v) is 3.29. The SMILES string of the molecule is CCOC(=O)NC1CCN(C(=O)C2CSCN2)CC1. The summed E-state index contributed by atoms with van der Waals surface area (Å²) in [4.78, 5) is 25.4. The molecule has 0 aromatic carbocycles. The quantitative estimate of drug-likeness (QED) is 0.785. The number of nitrogens with one attached hydrogen (secondary N) is 2. The second kappa shape index (κ2) is 7.00. The van der Waals surface area contributed by atoms with Crippen LogP contribution in [-0.2, 0) is 9.53 Å². The Balaban J connectivity index is 1.72. The van der Waals surface area contributed by atoms with Crippen molar-refractivity contribution in [2.45, 2.75) is 31.8 Å². The molecule has 2 N–H and O–H groups in total. The molecule has 1 atom stereocenters. The first-order chi connectivity index (χ1) is 9.20. The summed E-state index contributed by atoms with van der Waals surface area (Å²) in [6.07, 6.45) is 1.23. The maximum absolute atomic E-state index is 12.2. The Morgan fingerprint density at radius 1 is 1.42 bits per heavy atom. The predicted octanol–water partition coefficient (Wildman–Crippen LogP) is 0.386. The Bertz CT molecular complexity index is 326. The molecule has 2 rings (SSSR count). The molecule has 0 bridgehead atoms. The van der Waals surface area contributed by atoms with Gasteiger partial charge in [0.15, 0.2) is 0 Å². The lowest BCUT2D eigenvalue weighted by Gasteiger charge is -2.33. The maximum Gasteiger partial charge on any atom is 0.407 e. The van der Waals surface area contributed by atoms with Crippen molar-refractivity contribution in [2.75, 3.05) is 31.3 Å². The van der Waals surface area contributed by atoms with Crippen molar-refractivity contribution < 1.29 is 14.3 Å². The number of hydrogen-bond donors (Lipinski definition) is 2. The van der Waals surface area contributed by atoms with Crippen LogP contribution in [0.1, 0.15) is 19.8 Å². The van der Waals surface area contributed by atoms with Crippen LogP contribution in [0.4, 0.5) is 4.79 Å². The van der Waals surface area contributed by atoms with Crippen molar-refractivity contribution in [1.82, 2.24) is 15.5 Å². The molecule has 0 aromatic rings. The van der Waals surface area contributed by atoms with Crippen LogP contribution in [0.2, 0.25) is 0 Å². The van der Waals surface area contributed by atoms with Crippen LogP contribution in [0.15, 0.2) is 0 Å². The normalized spacial score (nSPS) is 24.3. The van der Waals surface area contributed by atoms with Crippen molar-refractivity contribution in [3.63, 3.8) is 0 Å². The Kier molecular flexibility index (Phi) is 5.33. The Hall–Kier alpha value is -0.950. The summed E-state index contributed by atoms with van der Waals surface area (Å²) >= 11 is 1.76. The molecule has 1 unspecified atom stereocenters. The standard InChI is InChI=1S/C12H21N3O3S/c1-2-18-12(17)14-9-3-5-15(6-4-9)11(16)10-7-19-8-13-10/h9-10,13H,2-8H2,1H3,(H,14,17). The Labute approximate surface area is 117 Å². The van der Waals surface area contributed by atoms with E-state index in [9.17, 15) is 9.59 Å². The number of ether oxygens (including phenoxy) is 1. The third-order valence-corrected chi connectivity index (χ3v) is 4.36. The molecular weight excluding hydrogens is 266 g/mol. The first-order valence-corrected chi connectivity index (χ1v) is 7.89. The average Bonchev–Trinajstić information content (AvgIpc) is 2.93. The summed E-state index contributed by atoms with van der Waals surface area (Å²) in [5.41, 5.74) is 0. The summed E-state index contributed by atoms with van der Waals surface area (Å²) in [6, 6.07) is 0.0913. The molecule has 19 heavy (non-hydrogen) atoms. The zero-order valence-electron chi connectivity index (χ0n) is 11.2. The van der Waals surface area contributed by atoms with Crippen molar-refractivity contribution in [1.29, 1.82) is 0 Å². The minimum atomic E-state index is -0.360. The zero-order valence-corrected chi connectivity index (χ0v) is 12.0. The number of thioether (sulfide) groups is 1. The van der Waals surface area contributed by atoms with Crippen LogP contribution in [0.3, 0.4) is 0 Å². The van der Waals surface area contributed by atoms with E-state index in [1.54, 1.807) is 18.7 Å². The molecule has 0 radical (unpaired) electrons. The maximum atomic E-state index is 12.2. The number of likely N-dealkylation sites (tertiary alicyclic amines) is 1. The van der Waals surface area contributed by atoms with Crippen LogP contribution < -0.4 is 10.6 Å².